The molecule has 0 fully saturated rings. The van der Waals surface area contributed by atoms with Gasteiger partial charge < -0.3 is 33.8 Å². The fourth-order valence-electron chi connectivity index (χ4n) is 10.4. The summed E-state index contributed by atoms with van der Waals surface area (Å²) in [6.45, 7) is 14.1. The summed E-state index contributed by atoms with van der Waals surface area (Å²) in [6, 6.07) is 0. The first-order chi connectivity index (χ1) is 42.7. The van der Waals surface area contributed by atoms with E-state index in [0.717, 1.165) is 114 Å². The summed E-state index contributed by atoms with van der Waals surface area (Å²) >= 11 is 0. The number of aliphatic hydroxyl groups excluding tert-OH is 1. The molecule has 0 aromatic rings. The Morgan fingerprint density at radius 3 is 0.798 bits per heavy atom. The topological polar surface area (TPSA) is 237 Å². The zero-order valence-electron chi connectivity index (χ0n) is 58.1. The minimum atomic E-state index is -4.95. The van der Waals surface area contributed by atoms with Gasteiger partial charge in [-0.05, 0) is 49.4 Å². The van der Waals surface area contributed by atoms with Crippen LogP contribution < -0.4 is 0 Å². The van der Waals surface area contributed by atoms with Crippen molar-refractivity contribution in [3.63, 3.8) is 0 Å². The molecule has 0 aliphatic heterocycles. The van der Waals surface area contributed by atoms with Crippen molar-refractivity contribution in [2.24, 2.45) is 23.7 Å². The van der Waals surface area contributed by atoms with Crippen LogP contribution in [0.15, 0.2) is 0 Å². The Labute approximate surface area is 543 Å². The monoisotopic (exact) mass is 1310 g/mol. The number of esters is 4. The van der Waals surface area contributed by atoms with Crippen molar-refractivity contribution in [2.45, 2.75) is 363 Å². The van der Waals surface area contributed by atoms with Gasteiger partial charge in [0.05, 0.1) is 26.4 Å². The van der Waals surface area contributed by atoms with Gasteiger partial charge in [-0.3, -0.25) is 37.3 Å². The molecule has 0 aromatic carbocycles. The molecule has 0 radical (unpaired) electrons. The van der Waals surface area contributed by atoms with Gasteiger partial charge in [-0.25, -0.2) is 9.13 Å². The fourth-order valence-corrected chi connectivity index (χ4v) is 12.0. The largest absolute Gasteiger partial charge is 0.472 e. The molecule has 528 valence electrons. The number of rotatable bonds is 67. The lowest BCUT2D eigenvalue weighted by Crippen LogP contribution is -2.30. The first kappa shape index (κ1) is 87.1. The van der Waals surface area contributed by atoms with Gasteiger partial charge >= 0.3 is 39.5 Å². The van der Waals surface area contributed by atoms with Crippen molar-refractivity contribution >= 4 is 39.5 Å². The van der Waals surface area contributed by atoms with Gasteiger partial charge in [0, 0.05) is 25.7 Å². The molecule has 0 bridgehead atoms. The molecule has 0 aromatic heterocycles. The van der Waals surface area contributed by atoms with Crippen molar-refractivity contribution in [2.75, 3.05) is 39.6 Å². The first-order valence-corrected chi connectivity index (χ1v) is 39.3. The van der Waals surface area contributed by atoms with Crippen molar-refractivity contribution in [3.05, 3.63) is 0 Å². The summed E-state index contributed by atoms with van der Waals surface area (Å²) in [5, 5.41) is 10.6. The molecule has 0 rings (SSSR count). The lowest BCUT2D eigenvalue weighted by atomic mass is 9.99. The molecular weight excluding hydrogens is 1170 g/mol. The third kappa shape index (κ3) is 60.7. The zero-order valence-corrected chi connectivity index (χ0v) is 59.8. The Morgan fingerprint density at radius 2 is 0.539 bits per heavy atom. The van der Waals surface area contributed by atoms with E-state index >= 15 is 0 Å². The smallest absolute Gasteiger partial charge is 0.462 e. The maximum atomic E-state index is 13.0. The second-order valence-electron chi connectivity index (χ2n) is 26.5. The number of phosphoric ester groups is 2. The van der Waals surface area contributed by atoms with Gasteiger partial charge in [-0.1, -0.05) is 293 Å². The average molecular weight is 1310 g/mol. The lowest BCUT2D eigenvalue weighted by molar-refractivity contribution is -0.161. The van der Waals surface area contributed by atoms with Crippen LogP contribution in [0.3, 0.4) is 0 Å². The van der Waals surface area contributed by atoms with Gasteiger partial charge in [0.2, 0.25) is 0 Å². The molecule has 3 N–H and O–H groups in total. The van der Waals surface area contributed by atoms with Crippen LogP contribution in [0, 0.1) is 23.7 Å². The number of hydrogen-bond donors (Lipinski definition) is 3. The average Bonchev–Trinajstić information content (AvgIpc) is 3.72. The van der Waals surface area contributed by atoms with E-state index in [2.05, 4.69) is 55.4 Å². The first-order valence-electron chi connectivity index (χ1n) is 36.3. The Kier molecular flexibility index (Phi) is 58.5. The molecule has 0 aliphatic carbocycles. The predicted octanol–water partition coefficient (Wildman–Crippen LogP) is 19.7. The number of hydrogen-bond acceptors (Lipinski definition) is 15. The van der Waals surface area contributed by atoms with Crippen LogP contribution in [0.4, 0.5) is 0 Å². The van der Waals surface area contributed by atoms with E-state index in [9.17, 15) is 43.2 Å². The van der Waals surface area contributed by atoms with E-state index in [1.165, 1.54) is 148 Å². The third-order valence-electron chi connectivity index (χ3n) is 17.2. The number of aliphatic hydroxyl groups is 1. The summed E-state index contributed by atoms with van der Waals surface area (Å²) < 4.78 is 68.3. The molecule has 0 aliphatic rings. The Morgan fingerprint density at radius 1 is 0.315 bits per heavy atom. The molecule has 0 saturated heterocycles. The van der Waals surface area contributed by atoms with E-state index in [0.29, 0.717) is 25.7 Å². The number of phosphoric acid groups is 2. The Balaban J connectivity index is 5.26. The van der Waals surface area contributed by atoms with Crippen molar-refractivity contribution in [1.82, 2.24) is 0 Å². The van der Waals surface area contributed by atoms with Gasteiger partial charge in [-0.15, -0.1) is 0 Å². The second-order valence-corrected chi connectivity index (χ2v) is 29.4. The molecule has 0 heterocycles. The molecule has 0 spiro atoms. The van der Waals surface area contributed by atoms with Crippen molar-refractivity contribution in [3.8, 4) is 0 Å². The van der Waals surface area contributed by atoms with Crippen LogP contribution in [-0.2, 0) is 65.4 Å². The van der Waals surface area contributed by atoms with Crippen LogP contribution in [0.2, 0.25) is 0 Å². The number of carbonyl (C=O) groups excluding carboxylic acids is 4. The molecule has 17 nitrogen and oxygen atoms in total. The van der Waals surface area contributed by atoms with Crippen LogP contribution in [0.25, 0.3) is 0 Å². The van der Waals surface area contributed by atoms with Gasteiger partial charge in [0.25, 0.3) is 0 Å². The molecule has 0 saturated carbocycles. The van der Waals surface area contributed by atoms with Crippen LogP contribution in [0.1, 0.15) is 344 Å². The predicted molar refractivity (Wildman–Crippen MR) is 358 cm³/mol. The summed E-state index contributed by atoms with van der Waals surface area (Å²) in [5.74, 6) is 0.927. The summed E-state index contributed by atoms with van der Waals surface area (Å²) in [4.78, 5) is 72.5. The highest BCUT2D eigenvalue weighted by atomic mass is 31.2. The van der Waals surface area contributed by atoms with E-state index in [-0.39, 0.29) is 25.7 Å². The maximum absolute atomic E-state index is 13.0. The lowest BCUT2D eigenvalue weighted by Gasteiger charge is -2.21. The summed E-state index contributed by atoms with van der Waals surface area (Å²) in [6.07, 6.45) is 41.6. The van der Waals surface area contributed by atoms with Gasteiger partial charge in [-0.2, -0.15) is 0 Å². The standard InChI is InChI=1S/C70H136O17P2/c1-9-61(6)47-39-31-23-16-12-14-18-25-34-42-50-67(72)80-57-66(87-70(75)53-45-37-29-28-33-41-49-63(8)11-3)59-85-89(78,79)83-55-64(71)54-82-88(76,77)84-58-65(56-81-68(73)51-43-35-26-21-20-22-30-38-46-60(4)5)86-69(74)52-44-36-27-19-15-13-17-24-32-40-48-62(7)10-2/h60-66,71H,9-59H2,1-8H3,(H,76,77)(H,78,79)/t61?,62?,63?,64?,65-,66-/m1/s1. The zero-order chi connectivity index (χ0) is 66.1. The number of unbranched alkanes of at least 4 members (excludes halogenated alkanes) is 30. The highest BCUT2D eigenvalue weighted by molar-refractivity contribution is 7.47. The van der Waals surface area contributed by atoms with Crippen LogP contribution in [-0.4, -0.2) is 96.7 Å². The minimum absolute atomic E-state index is 0.102. The minimum Gasteiger partial charge on any atom is -0.462 e. The molecule has 19 heteroatoms. The van der Waals surface area contributed by atoms with Gasteiger partial charge in [0.1, 0.15) is 19.3 Å². The SMILES string of the molecule is CCC(C)CCCCCCCCCCCCC(=O)OC[C@H](COP(=O)(O)OCC(O)COP(=O)(O)OC[C@@H](COC(=O)CCCCCCCCCCC(C)C)OC(=O)CCCCCCCCCCCCC(C)CC)OC(=O)CCCCCCCCC(C)CC. The quantitative estimate of drug-likeness (QED) is 0.0222. The Hall–Kier alpha value is -1.94. The van der Waals surface area contributed by atoms with Crippen LogP contribution in [0.5, 0.6) is 0 Å². The number of ether oxygens (including phenoxy) is 4. The highest BCUT2D eigenvalue weighted by Gasteiger charge is 2.30. The number of carbonyl (C=O) groups is 4. The van der Waals surface area contributed by atoms with Crippen LogP contribution >= 0.6 is 15.6 Å². The molecule has 89 heavy (non-hydrogen) atoms. The van der Waals surface area contributed by atoms with Gasteiger partial charge in [0.15, 0.2) is 12.2 Å². The van der Waals surface area contributed by atoms with Crippen molar-refractivity contribution < 1.29 is 80.2 Å². The van der Waals surface area contributed by atoms with Crippen molar-refractivity contribution in [1.29, 1.82) is 0 Å². The highest BCUT2D eigenvalue weighted by Crippen LogP contribution is 2.45. The van der Waals surface area contributed by atoms with E-state index < -0.39 is 97.5 Å². The molecule has 8 atom stereocenters. The third-order valence-corrected chi connectivity index (χ3v) is 19.1. The molecule has 0 amide bonds. The molecular formula is C70H136O17P2. The summed E-state index contributed by atoms with van der Waals surface area (Å²) in [5.41, 5.74) is 0. The van der Waals surface area contributed by atoms with E-state index in [1.54, 1.807) is 0 Å². The van der Waals surface area contributed by atoms with E-state index in [1.807, 2.05) is 0 Å². The maximum Gasteiger partial charge on any atom is 0.472 e. The fraction of sp³-hybridized carbons (Fsp3) is 0.943. The molecule has 6 unspecified atom stereocenters. The normalized spacial score (nSPS) is 15.2. The summed E-state index contributed by atoms with van der Waals surface area (Å²) in [7, 11) is -9.90. The van der Waals surface area contributed by atoms with E-state index in [4.69, 9.17) is 37.0 Å². The second kappa shape index (κ2) is 59.8. The Bertz CT molecular complexity index is 1770.